The van der Waals surface area contributed by atoms with Crippen LogP contribution in [0.4, 0.5) is 4.79 Å². The van der Waals surface area contributed by atoms with Gasteiger partial charge in [-0.05, 0) is 36.2 Å². The zero-order valence-electron chi connectivity index (χ0n) is 15.7. The van der Waals surface area contributed by atoms with Gasteiger partial charge in [-0.1, -0.05) is 30.3 Å². The van der Waals surface area contributed by atoms with Gasteiger partial charge < -0.3 is 19.3 Å². The molecule has 1 aliphatic heterocycles. The predicted octanol–water partition coefficient (Wildman–Crippen LogP) is 3.10. The Morgan fingerprint density at radius 2 is 1.63 bits per heavy atom. The Morgan fingerprint density at radius 1 is 0.963 bits per heavy atom. The van der Waals surface area contributed by atoms with E-state index in [-0.39, 0.29) is 18.6 Å². The molecule has 2 amide bonds. The number of benzene rings is 2. The lowest BCUT2D eigenvalue weighted by atomic mass is 10.1. The van der Waals surface area contributed by atoms with Gasteiger partial charge in [0.2, 0.25) is 0 Å². The van der Waals surface area contributed by atoms with Crippen molar-refractivity contribution >= 4 is 12.0 Å². The van der Waals surface area contributed by atoms with E-state index in [0.717, 1.165) is 16.9 Å². The smallest absolute Gasteiger partial charge is 0.410 e. The van der Waals surface area contributed by atoms with Gasteiger partial charge in [-0.15, -0.1) is 0 Å². The van der Waals surface area contributed by atoms with Crippen molar-refractivity contribution in [3.63, 3.8) is 0 Å². The van der Waals surface area contributed by atoms with Crippen LogP contribution in [0, 0.1) is 6.92 Å². The van der Waals surface area contributed by atoms with Crippen LogP contribution in [0.2, 0.25) is 0 Å². The molecule has 6 heteroatoms. The number of carbonyl (C=O) groups is 2. The van der Waals surface area contributed by atoms with E-state index in [4.69, 9.17) is 9.47 Å². The summed E-state index contributed by atoms with van der Waals surface area (Å²) < 4.78 is 10.6. The van der Waals surface area contributed by atoms with E-state index in [1.165, 1.54) is 0 Å². The van der Waals surface area contributed by atoms with Crippen molar-refractivity contribution < 1.29 is 19.1 Å². The standard InChI is InChI=1S/C21H24N2O4/c1-16-14-18(8-9-19(16)26-2)20(24)22-10-12-23(13-11-22)21(25)27-15-17-6-4-3-5-7-17/h3-9,14H,10-13,15H2,1-2H3. The van der Waals surface area contributed by atoms with E-state index < -0.39 is 0 Å². The van der Waals surface area contributed by atoms with Gasteiger partial charge >= 0.3 is 6.09 Å². The third-order valence-electron chi connectivity index (χ3n) is 4.67. The summed E-state index contributed by atoms with van der Waals surface area (Å²) in [6.07, 6.45) is -0.341. The van der Waals surface area contributed by atoms with Crippen molar-refractivity contribution in [3.8, 4) is 5.75 Å². The second-order valence-electron chi connectivity index (χ2n) is 6.50. The molecule has 3 rings (SSSR count). The first kappa shape index (κ1) is 18.8. The Morgan fingerprint density at radius 3 is 2.26 bits per heavy atom. The normalized spacial score (nSPS) is 14.0. The van der Waals surface area contributed by atoms with Crippen LogP contribution in [-0.4, -0.2) is 55.1 Å². The molecule has 0 atom stereocenters. The summed E-state index contributed by atoms with van der Waals surface area (Å²) in [5.74, 6) is 0.732. The van der Waals surface area contributed by atoms with Crippen LogP contribution >= 0.6 is 0 Å². The van der Waals surface area contributed by atoms with Gasteiger partial charge in [0.15, 0.2) is 0 Å². The molecule has 0 spiro atoms. The summed E-state index contributed by atoms with van der Waals surface area (Å²) in [7, 11) is 1.61. The summed E-state index contributed by atoms with van der Waals surface area (Å²) in [5.41, 5.74) is 2.51. The zero-order chi connectivity index (χ0) is 19.2. The van der Waals surface area contributed by atoms with E-state index in [9.17, 15) is 9.59 Å². The van der Waals surface area contributed by atoms with E-state index in [1.807, 2.05) is 43.3 Å². The van der Waals surface area contributed by atoms with Gasteiger partial charge in [0.05, 0.1) is 7.11 Å². The highest BCUT2D eigenvalue weighted by Crippen LogP contribution is 2.20. The van der Waals surface area contributed by atoms with Crippen LogP contribution in [-0.2, 0) is 11.3 Å². The first-order valence-electron chi connectivity index (χ1n) is 8.98. The van der Waals surface area contributed by atoms with Crippen molar-refractivity contribution in [2.45, 2.75) is 13.5 Å². The van der Waals surface area contributed by atoms with E-state index in [2.05, 4.69) is 0 Å². The Bertz CT molecular complexity index is 799. The molecule has 2 aromatic carbocycles. The molecule has 0 N–H and O–H groups in total. The van der Waals surface area contributed by atoms with E-state index >= 15 is 0 Å². The predicted molar refractivity (Wildman–Crippen MR) is 102 cm³/mol. The topological polar surface area (TPSA) is 59.1 Å². The van der Waals surface area contributed by atoms with Gasteiger partial charge in [0, 0.05) is 31.7 Å². The fraction of sp³-hybridized carbons (Fsp3) is 0.333. The fourth-order valence-corrected chi connectivity index (χ4v) is 3.10. The third kappa shape index (κ3) is 4.58. The minimum absolute atomic E-state index is 0.0296. The summed E-state index contributed by atoms with van der Waals surface area (Å²) in [6.45, 7) is 4.08. The van der Waals surface area contributed by atoms with Crippen molar-refractivity contribution in [1.29, 1.82) is 0 Å². The maximum atomic E-state index is 12.7. The van der Waals surface area contributed by atoms with Crippen molar-refractivity contribution in [2.75, 3.05) is 33.3 Å². The number of amides is 2. The average Bonchev–Trinajstić information content (AvgIpc) is 2.72. The number of rotatable bonds is 4. The molecule has 0 aliphatic carbocycles. The van der Waals surface area contributed by atoms with Crippen molar-refractivity contribution in [3.05, 3.63) is 65.2 Å². The summed E-state index contributed by atoms with van der Waals surface area (Å²) in [5, 5.41) is 0. The second kappa shape index (κ2) is 8.58. The molecule has 0 aromatic heterocycles. The Hall–Kier alpha value is -3.02. The first-order chi connectivity index (χ1) is 13.1. The summed E-state index contributed by atoms with van der Waals surface area (Å²) >= 11 is 0. The average molecular weight is 368 g/mol. The molecule has 0 bridgehead atoms. The number of hydrogen-bond donors (Lipinski definition) is 0. The molecular weight excluding hydrogens is 344 g/mol. The van der Waals surface area contributed by atoms with Gasteiger partial charge in [0.1, 0.15) is 12.4 Å². The molecule has 1 heterocycles. The number of ether oxygens (including phenoxy) is 2. The molecule has 0 unspecified atom stereocenters. The molecular formula is C21H24N2O4. The van der Waals surface area contributed by atoms with Crippen molar-refractivity contribution in [2.24, 2.45) is 0 Å². The molecule has 1 saturated heterocycles. The SMILES string of the molecule is COc1ccc(C(=O)N2CCN(C(=O)OCc3ccccc3)CC2)cc1C. The maximum Gasteiger partial charge on any atom is 0.410 e. The van der Waals surface area contributed by atoms with E-state index in [1.54, 1.807) is 29.0 Å². The van der Waals surface area contributed by atoms with Crippen molar-refractivity contribution in [1.82, 2.24) is 9.80 Å². The van der Waals surface area contributed by atoms with Crippen LogP contribution in [0.15, 0.2) is 48.5 Å². The second-order valence-corrected chi connectivity index (χ2v) is 6.50. The molecule has 142 valence electrons. The lowest BCUT2D eigenvalue weighted by molar-refractivity contribution is 0.0543. The number of methoxy groups -OCH3 is 1. The highest BCUT2D eigenvalue weighted by Gasteiger charge is 2.26. The zero-order valence-corrected chi connectivity index (χ0v) is 15.7. The number of nitrogens with zero attached hydrogens (tertiary/aromatic N) is 2. The number of hydrogen-bond acceptors (Lipinski definition) is 4. The maximum absolute atomic E-state index is 12.7. The number of aryl methyl sites for hydroxylation is 1. The van der Waals surface area contributed by atoms with Gasteiger partial charge in [-0.2, -0.15) is 0 Å². The van der Waals surface area contributed by atoms with Crippen LogP contribution in [0.25, 0.3) is 0 Å². The molecule has 1 aliphatic rings. The minimum atomic E-state index is -0.341. The van der Waals surface area contributed by atoms with Crippen LogP contribution < -0.4 is 4.74 Å². The number of carbonyl (C=O) groups excluding carboxylic acids is 2. The Balaban J connectivity index is 1.51. The lowest BCUT2D eigenvalue weighted by Crippen LogP contribution is -2.50. The summed E-state index contributed by atoms with van der Waals surface area (Å²) in [4.78, 5) is 28.3. The molecule has 1 fully saturated rings. The van der Waals surface area contributed by atoms with Gasteiger partial charge in [0.25, 0.3) is 5.91 Å². The third-order valence-corrected chi connectivity index (χ3v) is 4.67. The lowest BCUT2D eigenvalue weighted by Gasteiger charge is -2.34. The monoisotopic (exact) mass is 368 g/mol. The molecule has 6 nitrogen and oxygen atoms in total. The van der Waals surface area contributed by atoms with Gasteiger partial charge in [-0.3, -0.25) is 4.79 Å². The van der Waals surface area contributed by atoms with Crippen LogP contribution in [0.5, 0.6) is 5.75 Å². The van der Waals surface area contributed by atoms with Crippen LogP contribution in [0.1, 0.15) is 21.5 Å². The largest absolute Gasteiger partial charge is 0.496 e. The molecule has 27 heavy (non-hydrogen) atoms. The van der Waals surface area contributed by atoms with Gasteiger partial charge in [-0.25, -0.2) is 4.79 Å². The summed E-state index contributed by atoms with van der Waals surface area (Å²) in [6, 6.07) is 15.0. The number of piperazine rings is 1. The molecule has 0 radical (unpaired) electrons. The molecule has 2 aromatic rings. The fourth-order valence-electron chi connectivity index (χ4n) is 3.10. The van der Waals surface area contributed by atoms with E-state index in [0.29, 0.717) is 31.7 Å². The highest BCUT2D eigenvalue weighted by molar-refractivity contribution is 5.94. The quantitative estimate of drug-likeness (QED) is 0.832. The highest BCUT2D eigenvalue weighted by atomic mass is 16.6. The minimum Gasteiger partial charge on any atom is -0.496 e. The Labute approximate surface area is 159 Å². The molecule has 0 saturated carbocycles. The first-order valence-corrected chi connectivity index (χ1v) is 8.98. The van der Waals surface area contributed by atoms with Crippen LogP contribution in [0.3, 0.4) is 0 Å². The Kier molecular flexibility index (Phi) is 5.96.